The molecule has 17 heavy (non-hydrogen) atoms. The molecule has 0 saturated heterocycles. The molecule has 1 aliphatic rings. The van der Waals surface area contributed by atoms with Crippen molar-refractivity contribution in [3.63, 3.8) is 0 Å². The van der Waals surface area contributed by atoms with E-state index in [0.717, 1.165) is 31.0 Å². The van der Waals surface area contributed by atoms with Gasteiger partial charge < -0.3 is 5.32 Å². The maximum atomic E-state index is 13.4. The Morgan fingerprint density at radius 2 is 2.12 bits per heavy atom. The highest BCUT2D eigenvalue weighted by Crippen LogP contribution is 2.37. The zero-order chi connectivity index (χ0) is 12.3. The van der Waals surface area contributed by atoms with E-state index in [1.165, 1.54) is 18.9 Å². The Morgan fingerprint density at radius 1 is 1.35 bits per heavy atom. The van der Waals surface area contributed by atoms with Gasteiger partial charge in [0, 0.05) is 0 Å². The van der Waals surface area contributed by atoms with Crippen LogP contribution in [0.5, 0.6) is 0 Å². The van der Waals surface area contributed by atoms with Crippen LogP contribution >= 0.6 is 15.9 Å². The minimum Gasteiger partial charge on any atom is -0.317 e. The summed E-state index contributed by atoms with van der Waals surface area (Å²) in [6.07, 6.45) is 3.58. The molecule has 0 bridgehead atoms. The molecular weight excluding hydrogens is 281 g/mol. The Balaban J connectivity index is 1.94. The van der Waals surface area contributed by atoms with Gasteiger partial charge in [0.05, 0.1) is 4.47 Å². The smallest absolute Gasteiger partial charge is 0.137 e. The molecule has 1 saturated carbocycles. The molecule has 2 unspecified atom stereocenters. The van der Waals surface area contributed by atoms with E-state index in [1.54, 1.807) is 6.07 Å². The summed E-state index contributed by atoms with van der Waals surface area (Å²) >= 11 is 3.34. The van der Waals surface area contributed by atoms with Gasteiger partial charge in [-0.2, -0.15) is 0 Å². The van der Waals surface area contributed by atoms with Gasteiger partial charge in [0.15, 0.2) is 0 Å². The fourth-order valence-corrected chi connectivity index (χ4v) is 2.92. The maximum absolute atomic E-state index is 13.4. The Hall–Kier alpha value is -0.410. The first kappa shape index (κ1) is 13.0. The Morgan fingerprint density at radius 3 is 2.76 bits per heavy atom. The summed E-state index contributed by atoms with van der Waals surface area (Å²) in [4.78, 5) is 0. The van der Waals surface area contributed by atoms with Gasteiger partial charge in [-0.3, -0.25) is 0 Å². The number of rotatable bonds is 5. The molecule has 3 heteroatoms. The van der Waals surface area contributed by atoms with Crippen LogP contribution in [0.4, 0.5) is 4.39 Å². The third-order valence-electron chi connectivity index (χ3n) is 3.75. The lowest BCUT2D eigenvalue weighted by atomic mass is 9.70. The largest absolute Gasteiger partial charge is 0.317 e. The molecule has 94 valence electrons. The minimum absolute atomic E-state index is 0.148. The molecule has 1 aromatic carbocycles. The van der Waals surface area contributed by atoms with Crippen molar-refractivity contribution in [2.75, 3.05) is 13.1 Å². The van der Waals surface area contributed by atoms with Crippen LogP contribution in [-0.2, 0) is 6.42 Å². The molecule has 1 N–H and O–H groups in total. The normalized spacial score (nSPS) is 23.5. The standard InChI is InChI=1S/C14H19BrFN/c1-2-17-9-12-7-6-10(12)8-11-4-3-5-13(16)14(11)15/h3-5,10,12,17H,2,6-9H2,1H3. The zero-order valence-corrected chi connectivity index (χ0v) is 11.8. The van der Waals surface area contributed by atoms with Crippen LogP contribution in [0.1, 0.15) is 25.3 Å². The van der Waals surface area contributed by atoms with E-state index in [0.29, 0.717) is 10.4 Å². The highest BCUT2D eigenvalue weighted by Gasteiger charge is 2.30. The zero-order valence-electron chi connectivity index (χ0n) is 10.2. The van der Waals surface area contributed by atoms with Crippen molar-refractivity contribution in [3.05, 3.63) is 34.1 Å². The molecule has 0 aromatic heterocycles. The van der Waals surface area contributed by atoms with Gasteiger partial charge in [-0.1, -0.05) is 19.1 Å². The molecule has 1 nitrogen and oxygen atoms in total. The second-order valence-electron chi connectivity index (χ2n) is 4.82. The Labute approximate surface area is 111 Å². The van der Waals surface area contributed by atoms with E-state index >= 15 is 0 Å². The summed E-state index contributed by atoms with van der Waals surface area (Å²) in [6, 6.07) is 5.33. The molecule has 1 aliphatic carbocycles. The third kappa shape index (κ3) is 3.08. The quantitative estimate of drug-likeness (QED) is 0.873. The number of nitrogens with one attached hydrogen (secondary N) is 1. The van der Waals surface area contributed by atoms with Crippen molar-refractivity contribution >= 4 is 15.9 Å². The average molecular weight is 300 g/mol. The first-order valence-corrected chi connectivity index (χ1v) is 7.15. The summed E-state index contributed by atoms with van der Waals surface area (Å²) in [6.45, 7) is 4.28. The first-order chi connectivity index (χ1) is 8.22. The van der Waals surface area contributed by atoms with Crippen LogP contribution in [-0.4, -0.2) is 13.1 Å². The Kier molecular flexibility index (Phi) is 4.57. The summed E-state index contributed by atoms with van der Waals surface area (Å²) in [7, 11) is 0. The fourth-order valence-electron chi connectivity index (χ4n) is 2.49. The maximum Gasteiger partial charge on any atom is 0.137 e. The molecule has 0 spiro atoms. The van der Waals surface area contributed by atoms with E-state index in [1.807, 2.05) is 6.07 Å². The van der Waals surface area contributed by atoms with E-state index in [4.69, 9.17) is 0 Å². The molecule has 0 radical (unpaired) electrons. The highest BCUT2D eigenvalue weighted by atomic mass is 79.9. The monoisotopic (exact) mass is 299 g/mol. The van der Waals surface area contributed by atoms with Crippen LogP contribution < -0.4 is 5.32 Å². The minimum atomic E-state index is -0.148. The third-order valence-corrected chi connectivity index (χ3v) is 4.63. The molecule has 0 heterocycles. The molecular formula is C14H19BrFN. The lowest BCUT2D eigenvalue weighted by Gasteiger charge is -2.37. The molecule has 2 atom stereocenters. The summed E-state index contributed by atoms with van der Waals surface area (Å²) in [5.41, 5.74) is 1.11. The summed E-state index contributed by atoms with van der Waals surface area (Å²) in [5.74, 6) is 1.34. The van der Waals surface area contributed by atoms with Crippen molar-refractivity contribution in [1.29, 1.82) is 0 Å². The predicted octanol–water partition coefficient (Wildman–Crippen LogP) is 3.77. The highest BCUT2D eigenvalue weighted by molar-refractivity contribution is 9.10. The van der Waals surface area contributed by atoms with Gasteiger partial charge >= 0.3 is 0 Å². The van der Waals surface area contributed by atoms with Crippen molar-refractivity contribution in [2.45, 2.75) is 26.2 Å². The average Bonchev–Trinajstić information content (AvgIpc) is 2.30. The second-order valence-corrected chi connectivity index (χ2v) is 5.62. The van der Waals surface area contributed by atoms with E-state index in [9.17, 15) is 4.39 Å². The Bertz CT molecular complexity index is 380. The molecule has 2 rings (SSSR count). The van der Waals surface area contributed by atoms with Crippen LogP contribution in [0.2, 0.25) is 0 Å². The van der Waals surface area contributed by atoms with Crippen molar-refractivity contribution < 1.29 is 4.39 Å². The summed E-state index contributed by atoms with van der Waals surface area (Å²) < 4.78 is 14.0. The van der Waals surface area contributed by atoms with Crippen molar-refractivity contribution in [2.24, 2.45) is 11.8 Å². The molecule has 1 fully saturated rings. The first-order valence-electron chi connectivity index (χ1n) is 6.36. The number of benzene rings is 1. The van der Waals surface area contributed by atoms with Gasteiger partial charge in [0.2, 0.25) is 0 Å². The van der Waals surface area contributed by atoms with Crippen molar-refractivity contribution in [3.8, 4) is 0 Å². The van der Waals surface area contributed by atoms with Crippen LogP contribution in [0.3, 0.4) is 0 Å². The topological polar surface area (TPSA) is 12.0 Å². The fraction of sp³-hybridized carbons (Fsp3) is 0.571. The molecule has 1 aromatic rings. The van der Waals surface area contributed by atoms with E-state index in [-0.39, 0.29) is 5.82 Å². The number of hydrogen-bond acceptors (Lipinski definition) is 1. The second kappa shape index (κ2) is 5.96. The van der Waals surface area contributed by atoms with Gasteiger partial charge in [0.25, 0.3) is 0 Å². The number of hydrogen-bond donors (Lipinski definition) is 1. The van der Waals surface area contributed by atoms with E-state index < -0.39 is 0 Å². The summed E-state index contributed by atoms with van der Waals surface area (Å²) in [5, 5.41) is 3.41. The molecule has 0 amide bonds. The molecule has 0 aliphatic heterocycles. The van der Waals surface area contributed by atoms with Crippen LogP contribution in [0.25, 0.3) is 0 Å². The van der Waals surface area contributed by atoms with Gasteiger partial charge in [0.1, 0.15) is 5.82 Å². The van der Waals surface area contributed by atoms with Crippen LogP contribution in [0, 0.1) is 17.7 Å². The van der Waals surface area contributed by atoms with Gasteiger partial charge in [-0.15, -0.1) is 0 Å². The van der Waals surface area contributed by atoms with E-state index in [2.05, 4.69) is 28.2 Å². The lowest BCUT2D eigenvalue weighted by Crippen LogP contribution is -2.36. The van der Waals surface area contributed by atoms with Gasteiger partial charge in [-0.05, 0) is 71.7 Å². The van der Waals surface area contributed by atoms with Crippen molar-refractivity contribution in [1.82, 2.24) is 5.32 Å². The van der Waals surface area contributed by atoms with Gasteiger partial charge in [-0.25, -0.2) is 4.39 Å². The SMILES string of the molecule is CCNCC1CCC1Cc1cccc(F)c1Br. The van der Waals surface area contributed by atoms with Crippen LogP contribution in [0.15, 0.2) is 22.7 Å². The predicted molar refractivity (Wildman–Crippen MR) is 72.6 cm³/mol. The number of halogens is 2. The lowest BCUT2D eigenvalue weighted by molar-refractivity contribution is 0.171.